The molecule has 8 unspecified atom stereocenters. The summed E-state index contributed by atoms with van der Waals surface area (Å²) < 4.78 is 0. The van der Waals surface area contributed by atoms with Gasteiger partial charge in [-0.2, -0.15) is 0 Å². The number of hydrogen-bond donors (Lipinski definition) is 10. The van der Waals surface area contributed by atoms with E-state index in [1.807, 2.05) is 0 Å². The van der Waals surface area contributed by atoms with Crippen LogP contribution in [0.5, 0.6) is 0 Å². The van der Waals surface area contributed by atoms with Crippen LogP contribution in [0.4, 0.5) is 0 Å². The summed E-state index contributed by atoms with van der Waals surface area (Å²) in [5.41, 5.74) is 5.16. The predicted octanol–water partition coefficient (Wildman–Crippen LogP) is 2.66. The molecule has 5 saturated heterocycles. The van der Waals surface area contributed by atoms with Crippen LogP contribution in [0.1, 0.15) is 117 Å². The van der Waals surface area contributed by atoms with E-state index in [9.17, 15) is 4.79 Å². The predicted molar refractivity (Wildman–Crippen MR) is 188 cm³/mol. The Morgan fingerprint density at radius 3 is 0.708 bits per heavy atom. The van der Waals surface area contributed by atoms with E-state index >= 15 is 0 Å². The lowest BCUT2D eigenvalue weighted by Crippen LogP contribution is -2.61. The van der Waals surface area contributed by atoms with Gasteiger partial charge in [-0.25, -0.2) is 0 Å². The average Bonchev–Trinajstić information content (AvgIpc) is 3.84. The smallest absolute Gasteiger partial charge is 0.320 e. The first-order valence-corrected chi connectivity index (χ1v) is 20.4. The molecule has 0 spiro atoms. The van der Waals surface area contributed by atoms with Gasteiger partial charge in [0.2, 0.25) is 0 Å². The van der Waals surface area contributed by atoms with Gasteiger partial charge in [0.25, 0.3) is 0 Å². The molecule has 9 aliphatic rings. The number of carboxylic acid groups (broad SMARTS) is 1. The van der Waals surface area contributed by atoms with Crippen molar-refractivity contribution in [2.45, 2.75) is 172 Å². The fourth-order valence-corrected chi connectivity index (χ4v) is 12.3. The van der Waals surface area contributed by atoms with E-state index in [1.54, 1.807) is 13.8 Å². The number of carbonyl (C=O) groups is 1. The van der Waals surface area contributed by atoms with Crippen LogP contribution in [0.3, 0.4) is 0 Å². The zero-order valence-corrected chi connectivity index (χ0v) is 29.6. The van der Waals surface area contributed by atoms with Gasteiger partial charge in [-0.1, -0.05) is 65.2 Å². The van der Waals surface area contributed by atoms with E-state index < -0.39 is 12.0 Å². The molecular formula is C37H67N9O2. The zero-order chi connectivity index (χ0) is 32.9. The maximum Gasteiger partial charge on any atom is 0.320 e. The number of fused-ring (bicyclic) bond motifs is 20. The summed E-state index contributed by atoms with van der Waals surface area (Å²) in [5.74, 6) is 5.06. The summed E-state index contributed by atoms with van der Waals surface area (Å²) in [4.78, 5) is 10.0. The Hall–Kier alpha value is -0.890. The molecule has 8 bridgehead atoms. The number of carboxylic acids is 1. The second kappa shape index (κ2) is 14.6. The molecular weight excluding hydrogens is 602 g/mol. The highest BCUT2D eigenvalue weighted by Gasteiger charge is 2.54. The first-order chi connectivity index (χ1) is 23.4. The van der Waals surface area contributed by atoms with E-state index in [0.717, 1.165) is 47.3 Å². The third-order valence-electron chi connectivity index (χ3n) is 14.8. The van der Waals surface area contributed by atoms with Gasteiger partial charge in [0.05, 0.1) is 49.3 Å². The third kappa shape index (κ3) is 6.62. The van der Waals surface area contributed by atoms with Gasteiger partial charge in [0.1, 0.15) is 6.04 Å². The summed E-state index contributed by atoms with van der Waals surface area (Å²) in [6, 6.07) is -0.713. The van der Waals surface area contributed by atoms with Crippen LogP contribution >= 0.6 is 0 Å². The molecule has 11 N–H and O–H groups in total. The number of nitrogens with one attached hydrogen (secondary N) is 8. The first kappa shape index (κ1) is 34.2. The van der Waals surface area contributed by atoms with E-state index in [4.69, 9.17) is 10.8 Å². The lowest BCUT2D eigenvalue weighted by atomic mass is 9.76. The molecule has 0 aromatic carbocycles. The van der Waals surface area contributed by atoms with Crippen molar-refractivity contribution >= 4 is 5.97 Å². The third-order valence-corrected chi connectivity index (χ3v) is 14.8. The fourth-order valence-electron chi connectivity index (χ4n) is 12.3. The summed E-state index contributed by atoms with van der Waals surface area (Å²) in [7, 11) is 0. The van der Waals surface area contributed by atoms with Gasteiger partial charge in [-0.3, -0.25) is 47.3 Å². The molecule has 0 radical (unpaired) electrons. The molecule has 272 valence electrons. The number of rotatable bonds is 2. The number of hydrogen-bond acceptors (Lipinski definition) is 10. The van der Waals surface area contributed by atoms with Crippen LogP contribution in [-0.2, 0) is 4.79 Å². The van der Waals surface area contributed by atoms with E-state index in [0.29, 0.717) is 49.3 Å². The second-order valence-electron chi connectivity index (χ2n) is 17.7. The molecule has 0 aromatic heterocycles. The number of nitrogens with two attached hydrogens (primary N) is 1. The van der Waals surface area contributed by atoms with Crippen LogP contribution in [0, 0.1) is 53.3 Å². The maximum absolute atomic E-state index is 10.0. The van der Waals surface area contributed by atoms with Gasteiger partial charge < -0.3 is 10.8 Å². The summed E-state index contributed by atoms with van der Waals surface area (Å²) in [6.07, 6.45) is 25.6. The highest BCUT2D eigenvalue weighted by atomic mass is 16.4. The highest BCUT2D eigenvalue weighted by Crippen LogP contribution is 2.45. The van der Waals surface area contributed by atoms with Crippen molar-refractivity contribution in [1.29, 1.82) is 0 Å². The molecule has 11 heteroatoms. The molecule has 48 heavy (non-hydrogen) atoms. The summed E-state index contributed by atoms with van der Waals surface area (Å²) >= 11 is 0. The van der Waals surface area contributed by atoms with Crippen LogP contribution in [-0.4, -0.2) is 66.4 Å². The highest BCUT2D eigenvalue weighted by molar-refractivity contribution is 5.73. The molecule has 11 nitrogen and oxygen atoms in total. The van der Waals surface area contributed by atoms with E-state index in [2.05, 4.69) is 42.5 Å². The van der Waals surface area contributed by atoms with Gasteiger partial charge >= 0.3 is 5.97 Å². The summed E-state index contributed by atoms with van der Waals surface area (Å²) in [6.45, 7) is 3.55. The Morgan fingerprint density at radius 1 is 0.438 bits per heavy atom. The second-order valence-corrected chi connectivity index (χ2v) is 17.7. The Kier molecular flexibility index (Phi) is 10.4. The van der Waals surface area contributed by atoms with E-state index in [1.165, 1.54) is 103 Å². The van der Waals surface area contributed by atoms with Crippen LogP contribution in [0.25, 0.3) is 0 Å². The van der Waals surface area contributed by atoms with Crippen molar-refractivity contribution in [3.63, 3.8) is 0 Å². The molecule has 0 amide bonds. The minimum atomic E-state index is -0.931. The molecule has 5 aliphatic heterocycles. The molecule has 4 saturated carbocycles. The van der Waals surface area contributed by atoms with Gasteiger partial charge in [-0.15, -0.1) is 0 Å². The Balaban J connectivity index is 0.000000377. The van der Waals surface area contributed by atoms with Crippen LogP contribution in [0.2, 0.25) is 0 Å². The monoisotopic (exact) mass is 670 g/mol. The Labute approximate surface area is 289 Å². The molecule has 5 heterocycles. The topological polar surface area (TPSA) is 160 Å². The maximum atomic E-state index is 10.0. The average molecular weight is 670 g/mol. The zero-order valence-electron chi connectivity index (χ0n) is 29.6. The Bertz CT molecular complexity index is 905. The fraction of sp³-hybridized carbons (Fsp3) is 0.973. The van der Waals surface area contributed by atoms with Crippen molar-refractivity contribution in [2.24, 2.45) is 59.0 Å². The molecule has 4 aliphatic carbocycles. The van der Waals surface area contributed by atoms with Crippen molar-refractivity contribution in [2.75, 3.05) is 0 Å². The molecule has 0 aromatic rings. The van der Waals surface area contributed by atoms with Crippen LogP contribution < -0.4 is 48.3 Å². The SMILES string of the molecule is C1CCC2C3NC(NC4NC(NC5NC(NC6NC(N3)C3CCCCC63)C3CCCCC53)C3CCCCC43)C2C1.CC(C)[C@H](N)C(=O)O. The molecule has 9 fully saturated rings. The van der Waals surface area contributed by atoms with Crippen molar-refractivity contribution in [3.8, 4) is 0 Å². The van der Waals surface area contributed by atoms with Crippen LogP contribution in [0.15, 0.2) is 0 Å². The lowest BCUT2D eigenvalue weighted by Gasteiger charge is -2.35. The number of aliphatic carboxylic acids is 1. The Morgan fingerprint density at radius 2 is 0.604 bits per heavy atom. The van der Waals surface area contributed by atoms with Crippen molar-refractivity contribution < 1.29 is 9.90 Å². The minimum Gasteiger partial charge on any atom is -0.480 e. The minimum absolute atomic E-state index is 0.0208. The standard InChI is InChI=1S/C32H56N8.C5H11NO2/c1-2-10-18-17(9-1)25-33-26(18)38-28-21-13-5-6-14-22(21)30(35-28)40-32-24-16-8-7-15-23(24)31(36-32)39-29-20-12-4-3-11-19(20)27(34-29)37-25;1-3(2)4(6)5(7)8/h17-40H,1-16H2;3-4H,6H2,1-2H3,(H,7,8)/t;4-/m.0/s1. The first-order valence-electron chi connectivity index (χ1n) is 20.4. The van der Waals surface area contributed by atoms with Gasteiger partial charge in [-0.05, 0) is 105 Å². The van der Waals surface area contributed by atoms with Gasteiger partial charge in [0.15, 0.2) is 0 Å². The normalized spacial score (nSPS) is 50.3. The molecule has 9 atom stereocenters. The summed E-state index contributed by atoms with van der Waals surface area (Å²) in [5, 5.41) is 42.0. The lowest BCUT2D eigenvalue weighted by molar-refractivity contribution is -0.139. The van der Waals surface area contributed by atoms with E-state index in [-0.39, 0.29) is 5.92 Å². The largest absolute Gasteiger partial charge is 0.480 e. The van der Waals surface area contributed by atoms with Gasteiger partial charge in [0, 0.05) is 0 Å². The quantitative estimate of drug-likeness (QED) is 0.211. The molecule has 9 rings (SSSR count). The van der Waals surface area contributed by atoms with Crippen molar-refractivity contribution in [3.05, 3.63) is 0 Å². The van der Waals surface area contributed by atoms with Crippen molar-refractivity contribution in [1.82, 2.24) is 42.5 Å².